The minimum atomic E-state index is -0.141. The van der Waals surface area contributed by atoms with Crippen LogP contribution in [0.3, 0.4) is 0 Å². The summed E-state index contributed by atoms with van der Waals surface area (Å²) >= 11 is 6.12. The highest BCUT2D eigenvalue weighted by Gasteiger charge is 2.19. The number of hydrazone groups is 1. The molecule has 1 amide bonds. The van der Waals surface area contributed by atoms with E-state index in [0.717, 1.165) is 42.8 Å². The van der Waals surface area contributed by atoms with Gasteiger partial charge in [0.25, 0.3) is 0 Å². The minimum Gasteiger partial charge on any atom is -0.493 e. The summed E-state index contributed by atoms with van der Waals surface area (Å²) in [6, 6.07) is 11.4. The number of carbonyl (C=O) groups is 1. The molecular weight excluding hydrogens is 482 g/mol. The number of aromatic nitrogens is 1. The van der Waals surface area contributed by atoms with Crippen molar-refractivity contribution in [3.8, 4) is 17.2 Å². The summed E-state index contributed by atoms with van der Waals surface area (Å²) in [7, 11) is 4.65. The van der Waals surface area contributed by atoms with E-state index >= 15 is 0 Å². The van der Waals surface area contributed by atoms with Gasteiger partial charge in [-0.3, -0.25) is 14.7 Å². The number of hydrogen-bond acceptors (Lipinski definition) is 8. The highest BCUT2D eigenvalue weighted by Crippen LogP contribution is 2.37. The van der Waals surface area contributed by atoms with Crippen molar-refractivity contribution in [3.63, 3.8) is 0 Å². The number of rotatable bonds is 9. The van der Waals surface area contributed by atoms with E-state index in [4.69, 9.17) is 25.8 Å². The Balaban J connectivity index is 1.26. The van der Waals surface area contributed by atoms with Crippen LogP contribution in [0.4, 0.5) is 5.69 Å². The van der Waals surface area contributed by atoms with Crippen molar-refractivity contribution < 1.29 is 19.0 Å². The Kier molecular flexibility index (Phi) is 8.45. The number of benzene rings is 2. The van der Waals surface area contributed by atoms with Crippen molar-refractivity contribution >= 4 is 40.3 Å². The molecule has 2 aromatic carbocycles. The average molecular weight is 512 g/mol. The van der Waals surface area contributed by atoms with Crippen molar-refractivity contribution in [1.29, 1.82) is 0 Å². The number of ether oxygens (including phenoxy) is 3. The van der Waals surface area contributed by atoms with Gasteiger partial charge in [-0.05, 0) is 36.4 Å². The van der Waals surface area contributed by atoms with Crippen LogP contribution < -0.4 is 24.5 Å². The first-order chi connectivity index (χ1) is 17.5. The summed E-state index contributed by atoms with van der Waals surface area (Å²) in [5, 5.41) is 5.86. The van der Waals surface area contributed by atoms with E-state index in [9.17, 15) is 4.79 Å². The molecule has 1 aromatic heterocycles. The number of pyridine rings is 1. The van der Waals surface area contributed by atoms with Crippen LogP contribution in [0, 0.1) is 0 Å². The molecular formula is C26H30ClN5O4. The number of hydrogen-bond donors (Lipinski definition) is 1. The summed E-state index contributed by atoms with van der Waals surface area (Å²) < 4.78 is 16.0. The maximum Gasteiger partial charge on any atom is 0.241 e. The molecule has 1 N–H and O–H groups in total. The van der Waals surface area contributed by atoms with Gasteiger partial charge in [0, 0.05) is 67.0 Å². The highest BCUT2D eigenvalue weighted by atomic mass is 35.5. The van der Waals surface area contributed by atoms with Gasteiger partial charge < -0.3 is 19.1 Å². The maximum absolute atomic E-state index is 12.3. The third kappa shape index (κ3) is 5.98. The third-order valence-electron chi connectivity index (χ3n) is 6.14. The van der Waals surface area contributed by atoms with Crippen LogP contribution in [-0.4, -0.2) is 76.1 Å². The van der Waals surface area contributed by atoms with E-state index in [-0.39, 0.29) is 5.91 Å². The zero-order valence-electron chi connectivity index (χ0n) is 20.7. The SMILES string of the molecule is COc1cc(/C=N/NC(=O)CCN2CCN(c3ccnc4cc(Cl)ccc34)CC2)cc(OC)c1OC. The minimum absolute atomic E-state index is 0.141. The van der Waals surface area contributed by atoms with Crippen molar-refractivity contribution in [2.24, 2.45) is 5.10 Å². The first-order valence-corrected chi connectivity index (χ1v) is 12.0. The zero-order valence-corrected chi connectivity index (χ0v) is 21.4. The third-order valence-corrected chi connectivity index (χ3v) is 6.37. The van der Waals surface area contributed by atoms with Crippen LogP contribution in [0.25, 0.3) is 10.9 Å². The van der Waals surface area contributed by atoms with E-state index in [1.165, 1.54) is 0 Å². The molecule has 3 aromatic rings. The quantitative estimate of drug-likeness (QED) is 0.347. The van der Waals surface area contributed by atoms with Crippen LogP contribution in [0.1, 0.15) is 12.0 Å². The molecule has 0 atom stereocenters. The van der Waals surface area contributed by atoms with E-state index in [2.05, 4.69) is 25.3 Å². The molecule has 10 heteroatoms. The van der Waals surface area contributed by atoms with E-state index in [0.29, 0.717) is 40.8 Å². The molecule has 1 saturated heterocycles. The molecule has 0 radical (unpaired) electrons. The van der Waals surface area contributed by atoms with Gasteiger partial charge in [0.2, 0.25) is 11.7 Å². The lowest BCUT2D eigenvalue weighted by Gasteiger charge is -2.36. The maximum atomic E-state index is 12.3. The largest absolute Gasteiger partial charge is 0.493 e. The van der Waals surface area contributed by atoms with Crippen molar-refractivity contribution in [1.82, 2.24) is 15.3 Å². The lowest BCUT2D eigenvalue weighted by molar-refractivity contribution is -0.121. The van der Waals surface area contributed by atoms with Crippen molar-refractivity contribution in [2.45, 2.75) is 6.42 Å². The molecule has 0 aliphatic carbocycles. The second kappa shape index (κ2) is 11.9. The Morgan fingerprint density at radius 2 is 1.78 bits per heavy atom. The number of halogens is 1. The van der Waals surface area contributed by atoms with Gasteiger partial charge in [-0.1, -0.05) is 11.6 Å². The summed E-state index contributed by atoms with van der Waals surface area (Å²) in [4.78, 5) is 21.4. The number of methoxy groups -OCH3 is 3. The Labute approximate surface area is 215 Å². The zero-order chi connectivity index (χ0) is 25.5. The predicted octanol–water partition coefficient (Wildman–Crippen LogP) is 3.58. The Morgan fingerprint density at radius 1 is 1.06 bits per heavy atom. The molecule has 1 fully saturated rings. The molecule has 0 saturated carbocycles. The van der Waals surface area contributed by atoms with Gasteiger partial charge in [0.05, 0.1) is 33.1 Å². The fourth-order valence-corrected chi connectivity index (χ4v) is 4.43. The Morgan fingerprint density at radius 3 is 2.44 bits per heavy atom. The monoisotopic (exact) mass is 511 g/mol. The molecule has 1 aliphatic heterocycles. The molecule has 0 bridgehead atoms. The van der Waals surface area contributed by atoms with Crippen molar-refractivity contribution in [3.05, 3.63) is 53.2 Å². The topological polar surface area (TPSA) is 88.5 Å². The fourth-order valence-electron chi connectivity index (χ4n) is 4.26. The van der Waals surface area contributed by atoms with Gasteiger partial charge >= 0.3 is 0 Å². The summed E-state index contributed by atoms with van der Waals surface area (Å²) in [5.74, 6) is 1.40. The lowest BCUT2D eigenvalue weighted by atomic mass is 10.1. The Hall–Kier alpha value is -3.56. The van der Waals surface area contributed by atoms with E-state index < -0.39 is 0 Å². The van der Waals surface area contributed by atoms with Crippen LogP contribution in [0.15, 0.2) is 47.7 Å². The second-order valence-electron chi connectivity index (χ2n) is 8.32. The summed E-state index contributed by atoms with van der Waals surface area (Å²) in [6.45, 7) is 4.18. The fraction of sp³-hybridized carbons (Fsp3) is 0.346. The standard InChI is InChI=1S/C26H30ClN5O4/c1-34-23-14-18(15-24(35-2)26(23)36-3)17-29-30-25(33)7-9-31-10-12-32(13-11-31)22-6-8-28-21-16-19(27)4-5-20(21)22/h4-6,8,14-17H,7,9-13H2,1-3H3,(H,30,33)/b29-17+. The van der Waals surface area contributed by atoms with Gasteiger partial charge in [0.15, 0.2) is 11.5 Å². The number of piperazine rings is 1. The second-order valence-corrected chi connectivity index (χ2v) is 8.76. The molecule has 9 nitrogen and oxygen atoms in total. The van der Waals surface area contributed by atoms with Crippen LogP contribution in [0.2, 0.25) is 5.02 Å². The molecule has 36 heavy (non-hydrogen) atoms. The average Bonchev–Trinajstić information content (AvgIpc) is 2.91. The Bertz CT molecular complexity index is 1220. The van der Waals surface area contributed by atoms with Crippen LogP contribution in [-0.2, 0) is 4.79 Å². The number of anilines is 1. The first kappa shape index (κ1) is 25.5. The van der Waals surface area contributed by atoms with Crippen molar-refractivity contribution in [2.75, 3.05) is 59.0 Å². The number of fused-ring (bicyclic) bond motifs is 1. The van der Waals surface area contributed by atoms with Gasteiger partial charge in [-0.25, -0.2) is 5.43 Å². The first-order valence-electron chi connectivity index (χ1n) is 11.7. The molecule has 0 spiro atoms. The van der Waals surface area contributed by atoms with Gasteiger partial charge in [0.1, 0.15) is 0 Å². The number of nitrogens with zero attached hydrogens (tertiary/aromatic N) is 4. The number of carbonyl (C=O) groups excluding carboxylic acids is 1. The van der Waals surface area contributed by atoms with Gasteiger partial charge in [-0.2, -0.15) is 5.10 Å². The highest BCUT2D eigenvalue weighted by molar-refractivity contribution is 6.31. The molecule has 190 valence electrons. The number of nitrogens with one attached hydrogen (secondary N) is 1. The van der Waals surface area contributed by atoms with E-state index in [1.807, 2.05) is 30.5 Å². The summed E-state index contributed by atoms with van der Waals surface area (Å²) in [6.07, 6.45) is 3.74. The smallest absolute Gasteiger partial charge is 0.241 e. The molecule has 0 unspecified atom stereocenters. The van der Waals surface area contributed by atoms with Crippen LogP contribution >= 0.6 is 11.6 Å². The lowest BCUT2D eigenvalue weighted by Crippen LogP contribution is -2.47. The summed E-state index contributed by atoms with van der Waals surface area (Å²) in [5.41, 5.74) is 5.37. The van der Waals surface area contributed by atoms with Crippen LogP contribution in [0.5, 0.6) is 17.2 Å². The van der Waals surface area contributed by atoms with E-state index in [1.54, 1.807) is 39.7 Å². The number of amides is 1. The van der Waals surface area contributed by atoms with Gasteiger partial charge in [-0.15, -0.1) is 0 Å². The normalized spacial score (nSPS) is 14.3. The molecule has 4 rings (SSSR count). The molecule has 1 aliphatic rings. The predicted molar refractivity (Wildman–Crippen MR) is 142 cm³/mol. The molecule has 2 heterocycles.